The number of carbonyl (C=O) groups excluding carboxylic acids is 1. The Morgan fingerprint density at radius 1 is 1.24 bits per heavy atom. The van der Waals surface area contributed by atoms with Crippen LogP contribution in [0.1, 0.15) is 20.8 Å². The molecule has 2 aliphatic heterocycles. The molecule has 21 heavy (non-hydrogen) atoms. The lowest BCUT2D eigenvalue weighted by molar-refractivity contribution is -0.124. The van der Waals surface area contributed by atoms with Crippen molar-refractivity contribution >= 4 is 5.91 Å². The van der Waals surface area contributed by atoms with Crippen LogP contribution >= 0.6 is 0 Å². The number of rotatable bonds is 5. The van der Waals surface area contributed by atoms with Crippen molar-refractivity contribution in [3.63, 3.8) is 0 Å². The second kappa shape index (κ2) is 7.54. The number of carbonyl (C=O) groups is 1. The number of amides is 1. The third-order valence-corrected chi connectivity index (χ3v) is 4.28. The molecule has 2 aliphatic rings. The summed E-state index contributed by atoms with van der Waals surface area (Å²) in [6.07, 6.45) is 0.219. The number of hydrogen-bond donors (Lipinski definition) is 1. The molecule has 0 spiro atoms. The third-order valence-electron chi connectivity index (χ3n) is 4.28. The zero-order chi connectivity index (χ0) is 15.3. The van der Waals surface area contributed by atoms with Crippen molar-refractivity contribution in [2.75, 3.05) is 59.1 Å². The summed E-state index contributed by atoms with van der Waals surface area (Å²) in [5, 5.41) is 3.08. The Balaban J connectivity index is 1.72. The van der Waals surface area contributed by atoms with Crippen molar-refractivity contribution < 1.29 is 14.3 Å². The molecule has 2 rings (SSSR count). The summed E-state index contributed by atoms with van der Waals surface area (Å²) < 4.78 is 10.9. The molecule has 0 aromatic carbocycles. The van der Waals surface area contributed by atoms with Gasteiger partial charge in [0.2, 0.25) is 5.91 Å². The van der Waals surface area contributed by atoms with Gasteiger partial charge in [0.25, 0.3) is 0 Å². The molecule has 0 saturated carbocycles. The molecule has 0 aliphatic carbocycles. The first-order chi connectivity index (χ1) is 9.97. The zero-order valence-electron chi connectivity index (χ0n) is 13.6. The normalized spacial score (nSPS) is 25.8. The second-order valence-electron chi connectivity index (χ2n) is 6.61. The average Bonchev–Trinajstić information content (AvgIpc) is 2.46. The molecule has 0 aromatic rings. The van der Waals surface area contributed by atoms with Crippen LogP contribution in [0.4, 0.5) is 0 Å². The maximum absolute atomic E-state index is 12.1. The molecule has 0 radical (unpaired) electrons. The van der Waals surface area contributed by atoms with Gasteiger partial charge in [-0.15, -0.1) is 0 Å². The molecule has 0 bridgehead atoms. The highest BCUT2D eigenvalue weighted by molar-refractivity contribution is 5.78. The number of nitrogens with one attached hydrogen (secondary N) is 1. The molecule has 6 nitrogen and oxygen atoms in total. The van der Waals surface area contributed by atoms with Crippen molar-refractivity contribution in [3.05, 3.63) is 0 Å². The molecule has 1 N–H and O–H groups in total. The van der Waals surface area contributed by atoms with Gasteiger partial charge in [-0.25, -0.2) is 0 Å². The largest absolute Gasteiger partial charge is 0.379 e. The number of ether oxygens (including phenoxy) is 2. The Labute approximate surface area is 127 Å². The van der Waals surface area contributed by atoms with Gasteiger partial charge in [0, 0.05) is 38.3 Å². The van der Waals surface area contributed by atoms with E-state index in [2.05, 4.69) is 29.0 Å². The Bertz CT molecular complexity index is 343. The predicted octanol–water partition coefficient (Wildman–Crippen LogP) is -0.0659. The molecule has 1 atom stereocenters. The van der Waals surface area contributed by atoms with E-state index in [1.807, 2.05) is 6.92 Å². The Kier molecular flexibility index (Phi) is 5.98. The Hall–Kier alpha value is -0.690. The van der Waals surface area contributed by atoms with Crippen LogP contribution in [0.2, 0.25) is 0 Å². The lowest BCUT2D eigenvalue weighted by Crippen LogP contribution is -2.56. The molecular formula is C15H29N3O3. The first kappa shape index (κ1) is 16.7. The number of morpholine rings is 2. The monoisotopic (exact) mass is 299 g/mol. The van der Waals surface area contributed by atoms with E-state index < -0.39 is 0 Å². The van der Waals surface area contributed by atoms with Crippen LogP contribution in [-0.2, 0) is 14.3 Å². The standard InChI is InChI=1S/C15H29N3O3/c1-13-10-17(4-9-21-13)11-14(19)16-12-15(2,3)18-5-7-20-8-6-18/h13H,4-12H2,1-3H3,(H,16,19). The van der Waals surface area contributed by atoms with Crippen LogP contribution < -0.4 is 5.32 Å². The Morgan fingerprint density at radius 3 is 2.62 bits per heavy atom. The molecule has 122 valence electrons. The van der Waals surface area contributed by atoms with Gasteiger partial charge >= 0.3 is 0 Å². The lowest BCUT2D eigenvalue weighted by Gasteiger charge is -2.41. The van der Waals surface area contributed by atoms with E-state index in [0.717, 1.165) is 39.4 Å². The minimum Gasteiger partial charge on any atom is -0.379 e. The van der Waals surface area contributed by atoms with E-state index in [1.165, 1.54) is 0 Å². The van der Waals surface area contributed by atoms with Gasteiger partial charge in [0.1, 0.15) is 0 Å². The molecule has 1 unspecified atom stereocenters. The second-order valence-corrected chi connectivity index (χ2v) is 6.61. The zero-order valence-corrected chi connectivity index (χ0v) is 13.6. The minimum absolute atomic E-state index is 0.0300. The molecule has 1 amide bonds. The van der Waals surface area contributed by atoms with Crippen molar-refractivity contribution in [2.24, 2.45) is 0 Å². The maximum atomic E-state index is 12.1. The van der Waals surface area contributed by atoms with Gasteiger partial charge in [0.05, 0.1) is 32.5 Å². The van der Waals surface area contributed by atoms with Gasteiger partial charge in [-0.05, 0) is 20.8 Å². The summed E-state index contributed by atoms with van der Waals surface area (Å²) in [6.45, 7) is 13.4. The highest BCUT2D eigenvalue weighted by Gasteiger charge is 2.29. The molecular weight excluding hydrogens is 270 g/mol. The van der Waals surface area contributed by atoms with Crippen molar-refractivity contribution in [1.29, 1.82) is 0 Å². The number of hydrogen-bond acceptors (Lipinski definition) is 5. The van der Waals surface area contributed by atoms with Crippen LogP contribution in [0.15, 0.2) is 0 Å². The van der Waals surface area contributed by atoms with Crippen molar-refractivity contribution in [1.82, 2.24) is 15.1 Å². The SMILES string of the molecule is CC1CN(CC(=O)NCC(C)(C)N2CCOCC2)CCO1. The van der Waals surface area contributed by atoms with E-state index in [1.54, 1.807) is 0 Å². The van der Waals surface area contributed by atoms with E-state index in [0.29, 0.717) is 19.7 Å². The molecule has 2 fully saturated rings. The first-order valence-electron chi connectivity index (χ1n) is 7.91. The van der Waals surface area contributed by atoms with E-state index in [9.17, 15) is 4.79 Å². The summed E-state index contributed by atoms with van der Waals surface area (Å²) in [5.74, 6) is 0.102. The summed E-state index contributed by atoms with van der Waals surface area (Å²) in [5.41, 5.74) is -0.0300. The maximum Gasteiger partial charge on any atom is 0.234 e. The van der Waals surface area contributed by atoms with Crippen LogP contribution in [-0.4, -0.2) is 86.4 Å². The molecule has 2 saturated heterocycles. The average molecular weight is 299 g/mol. The van der Waals surface area contributed by atoms with Crippen LogP contribution in [0.3, 0.4) is 0 Å². The highest BCUT2D eigenvalue weighted by atomic mass is 16.5. The highest BCUT2D eigenvalue weighted by Crippen LogP contribution is 2.15. The first-order valence-corrected chi connectivity index (χ1v) is 7.91. The molecule has 6 heteroatoms. The molecule has 2 heterocycles. The quantitative estimate of drug-likeness (QED) is 0.770. The van der Waals surface area contributed by atoms with Crippen molar-refractivity contribution in [3.8, 4) is 0 Å². The third kappa shape index (κ3) is 5.21. The van der Waals surface area contributed by atoms with E-state index in [-0.39, 0.29) is 17.6 Å². The van der Waals surface area contributed by atoms with Gasteiger partial charge < -0.3 is 14.8 Å². The van der Waals surface area contributed by atoms with Gasteiger partial charge in [-0.2, -0.15) is 0 Å². The van der Waals surface area contributed by atoms with Crippen LogP contribution in [0, 0.1) is 0 Å². The topological polar surface area (TPSA) is 54.0 Å². The van der Waals surface area contributed by atoms with E-state index in [4.69, 9.17) is 9.47 Å². The molecule has 0 aromatic heterocycles. The van der Waals surface area contributed by atoms with Crippen molar-refractivity contribution in [2.45, 2.75) is 32.4 Å². The van der Waals surface area contributed by atoms with Gasteiger partial charge in [-0.1, -0.05) is 0 Å². The summed E-state index contributed by atoms with van der Waals surface area (Å²) >= 11 is 0. The summed E-state index contributed by atoms with van der Waals surface area (Å²) in [7, 11) is 0. The van der Waals surface area contributed by atoms with Crippen LogP contribution in [0.5, 0.6) is 0 Å². The lowest BCUT2D eigenvalue weighted by atomic mass is 10.0. The van der Waals surface area contributed by atoms with Gasteiger partial charge in [-0.3, -0.25) is 14.6 Å². The van der Waals surface area contributed by atoms with E-state index >= 15 is 0 Å². The summed E-state index contributed by atoms with van der Waals surface area (Å²) in [6, 6.07) is 0. The van der Waals surface area contributed by atoms with Crippen LogP contribution in [0.25, 0.3) is 0 Å². The predicted molar refractivity (Wildman–Crippen MR) is 81.3 cm³/mol. The fourth-order valence-electron chi connectivity index (χ4n) is 2.89. The fraction of sp³-hybridized carbons (Fsp3) is 0.933. The Morgan fingerprint density at radius 2 is 1.95 bits per heavy atom. The van der Waals surface area contributed by atoms with Gasteiger partial charge in [0.15, 0.2) is 0 Å². The number of nitrogens with zero attached hydrogens (tertiary/aromatic N) is 2. The summed E-state index contributed by atoms with van der Waals surface area (Å²) in [4.78, 5) is 16.7. The smallest absolute Gasteiger partial charge is 0.234 e. The fourth-order valence-corrected chi connectivity index (χ4v) is 2.89. The minimum atomic E-state index is -0.0300.